The molecule has 0 N–H and O–H groups in total. The summed E-state index contributed by atoms with van der Waals surface area (Å²) in [5.74, 6) is 6.30. The molecule has 0 amide bonds. The molecule has 10 fully saturated rings. The Hall–Kier alpha value is -0.360. The number of rotatable bonds is 5. The molecule has 0 bridgehead atoms. The van der Waals surface area contributed by atoms with Gasteiger partial charge in [-0.1, -0.05) is 151 Å². The van der Waals surface area contributed by atoms with Crippen LogP contribution in [0.15, 0.2) is 0 Å². The minimum absolute atomic E-state index is 0.740. The topological polar surface area (TPSA) is 29.2 Å². The Morgan fingerprint density at radius 1 is 0.200 bits per heavy atom. The Kier molecular flexibility index (Phi) is 52.2. The van der Waals surface area contributed by atoms with Gasteiger partial charge in [0.05, 0.1) is 0 Å². The summed E-state index contributed by atoms with van der Waals surface area (Å²) in [4.78, 5) is 23.9. The van der Waals surface area contributed by atoms with E-state index in [1.54, 1.807) is 0 Å². The SMILES string of the molecule is CC.CC.CC(C)C.CC(C)C.CC(C)C.CC(C)C.CC(C)C.CC(C)N1CC2CCCC2C1.CC(C)N1CCN2CCCC[C@@H]2C1.CC(C)N1CCN2CCCC[C@H]2C1.CC(C)N1CCN2CCC[C@@H]2C1.CC(C)N1CCN2CCC[C@H]2C1. The maximum atomic E-state index is 2.70. The fourth-order valence-corrected chi connectivity index (χ4v) is 13.0. The summed E-state index contributed by atoms with van der Waals surface area (Å²) < 4.78 is 0. The minimum Gasteiger partial charge on any atom is -0.300 e. The van der Waals surface area contributed by atoms with E-state index in [0.29, 0.717) is 0 Å². The monoisotopic (exact) mass is 1200 g/mol. The zero-order chi connectivity index (χ0) is 65.4. The van der Waals surface area contributed by atoms with Crippen molar-refractivity contribution in [2.24, 2.45) is 41.4 Å². The fourth-order valence-electron chi connectivity index (χ4n) is 13.0. The molecule has 10 rings (SSSR count). The lowest BCUT2D eigenvalue weighted by molar-refractivity contribution is 0.0348. The van der Waals surface area contributed by atoms with Crippen molar-refractivity contribution in [2.45, 2.75) is 339 Å². The summed E-state index contributed by atoms with van der Waals surface area (Å²) in [6.45, 7) is 87.5. The summed E-state index contributed by atoms with van der Waals surface area (Å²) in [6, 6.07) is 7.28. The lowest BCUT2D eigenvalue weighted by Gasteiger charge is -2.45. The van der Waals surface area contributed by atoms with Crippen LogP contribution in [0.1, 0.15) is 284 Å². The highest BCUT2D eigenvalue weighted by atomic mass is 15.3. The number of piperidine rings is 2. The van der Waals surface area contributed by atoms with E-state index in [9.17, 15) is 0 Å². The van der Waals surface area contributed by atoms with Gasteiger partial charge in [-0.3, -0.25) is 39.2 Å². The second-order valence-electron chi connectivity index (χ2n) is 31.5. The van der Waals surface area contributed by atoms with Gasteiger partial charge in [-0.05, 0) is 201 Å². The van der Waals surface area contributed by atoms with E-state index < -0.39 is 0 Å². The van der Waals surface area contributed by atoms with E-state index in [1.807, 2.05) is 27.7 Å². The number of fused-ring (bicyclic) bond motifs is 5. The van der Waals surface area contributed by atoms with Gasteiger partial charge in [0.1, 0.15) is 0 Å². The first-order valence-corrected chi connectivity index (χ1v) is 37.7. The summed E-state index contributed by atoms with van der Waals surface area (Å²) in [6.07, 6.45) is 18.9. The summed E-state index contributed by atoms with van der Waals surface area (Å²) in [5, 5.41) is 0. The van der Waals surface area contributed by atoms with Crippen molar-refractivity contribution in [1.29, 1.82) is 0 Å². The second kappa shape index (κ2) is 51.2. The Bertz CT molecular complexity index is 1310. The highest BCUT2D eigenvalue weighted by molar-refractivity contribution is 4.92. The average molecular weight is 1210 g/mol. The molecule has 9 heterocycles. The van der Waals surface area contributed by atoms with Crippen molar-refractivity contribution in [1.82, 2.24) is 44.1 Å². The molecule has 514 valence electrons. The molecule has 1 saturated carbocycles. The van der Waals surface area contributed by atoms with Crippen molar-refractivity contribution in [3.63, 3.8) is 0 Å². The molecule has 6 atom stereocenters. The number of hydrogen-bond donors (Lipinski definition) is 0. The van der Waals surface area contributed by atoms with Crippen molar-refractivity contribution in [2.75, 3.05) is 118 Å². The molecule has 0 aromatic heterocycles. The molecule has 0 spiro atoms. The van der Waals surface area contributed by atoms with Gasteiger partial charge >= 0.3 is 0 Å². The molecule has 0 aromatic rings. The Morgan fingerprint density at radius 2 is 0.400 bits per heavy atom. The van der Waals surface area contributed by atoms with Crippen LogP contribution in [0, 0.1) is 41.4 Å². The van der Waals surface area contributed by atoms with Crippen LogP contribution >= 0.6 is 0 Å². The molecule has 85 heavy (non-hydrogen) atoms. The molecule has 2 unspecified atom stereocenters. The lowest BCUT2D eigenvalue weighted by Crippen LogP contribution is -2.56. The highest BCUT2D eigenvalue weighted by Crippen LogP contribution is 2.38. The maximum Gasteiger partial charge on any atom is 0.0224 e. The van der Waals surface area contributed by atoms with Crippen LogP contribution in [-0.2, 0) is 0 Å². The molecule has 9 aliphatic heterocycles. The Balaban J connectivity index is 0. The predicted octanol–water partition coefficient (Wildman–Crippen LogP) is 18.0. The maximum absolute atomic E-state index is 2.70. The molecule has 1 aliphatic carbocycles. The third-order valence-electron chi connectivity index (χ3n) is 17.4. The van der Waals surface area contributed by atoms with Gasteiger partial charge in [0.25, 0.3) is 0 Å². The average Bonchev–Trinajstić information content (AvgIpc) is 4.44. The van der Waals surface area contributed by atoms with Crippen LogP contribution in [0.25, 0.3) is 0 Å². The summed E-state index contributed by atoms with van der Waals surface area (Å²) in [7, 11) is 0. The third kappa shape index (κ3) is 41.7. The normalized spacial score (nSPS) is 26.3. The van der Waals surface area contributed by atoms with Crippen LogP contribution in [0.5, 0.6) is 0 Å². The van der Waals surface area contributed by atoms with E-state index in [4.69, 9.17) is 0 Å². The number of likely N-dealkylation sites (tertiary alicyclic amines) is 1. The standard InChI is InChI=1S/2C11H22N2.2C10H20N2.C10H19N.5C4H10.2C2H6/c2*1-10(2)13-8-7-12-6-4-3-5-11(12)9-13;2*1-9(2)12-7-6-11-5-3-4-10(11)8-12;1-8(2)11-6-9-4-3-5-10(9)7-11;5*1-4(2)3;2*1-2/h2*10-11H,3-9H2,1-2H3;2*9-10H,3-8H2,1-2H3;8-10H,3-7H2,1-2H3;5*4H,1-3H3;2*1-2H3/t2*11-;2*10-;;;;;;;;/m1010......../s1. The van der Waals surface area contributed by atoms with Gasteiger partial charge in [0.15, 0.2) is 0 Å². The molecule has 0 aromatic carbocycles. The predicted molar refractivity (Wildman–Crippen MR) is 387 cm³/mol. The quantitative estimate of drug-likeness (QED) is 0.267. The molecule has 0 radical (unpaired) electrons. The second-order valence-corrected chi connectivity index (χ2v) is 31.5. The van der Waals surface area contributed by atoms with E-state index in [-0.39, 0.29) is 0 Å². The largest absolute Gasteiger partial charge is 0.300 e. The van der Waals surface area contributed by atoms with Gasteiger partial charge in [0.2, 0.25) is 0 Å². The van der Waals surface area contributed by atoms with Crippen LogP contribution < -0.4 is 0 Å². The van der Waals surface area contributed by atoms with Gasteiger partial charge in [0, 0.05) is 146 Å². The summed E-state index contributed by atoms with van der Waals surface area (Å²) in [5.41, 5.74) is 0. The number of nitrogens with zero attached hydrogens (tertiary/aromatic N) is 9. The van der Waals surface area contributed by atoms with Gasteiger partial charge in [-0.15, -0.1) is 0 Å². The highest BCUT2D eigenvalue weighted by Gasteiger charge is 2.37. The van der Waals surface area contributed by atoms with Gasteiger partial charge < -0.3 is 4.90 Å². The zero-order valence-corrected chi connectivity index (χ0v) is 64.2. The van der Waals surface area contributed by atoms with E-state index in [1.165, 1.54) is 201 Å². The Labute approximate surface area is 539 Å². The molecule has 9 nitrogen and oxygen atoms in total. The third-order valence-corrected chi connectivity index (χ3v) is 17.4. The zero-order valence-electron chi connectivity index (χ0n) is 64.2. The fraction of sp³-hybridized carbons (Fsp3) is 1.00. The van der Waals surface area contributed by atoms with Crippen LogP contribution in [0.4, 0.5) is 0 Å². The van der Waals surface area contributed by atoms with Crippen molar-refractivity contribution in [3.8, 4) is 0 Å². The molecular formula is C76H165N9. The number of hydrogen-bond acceptors (Lipinski definition) is 9. The summed E-state index contributed by atoms with van der Waals surface area (Å²) >= 11 is 0. The van der Waals surface area contributed by atoms with E-state index in [0.717, 1.165) is 95.8 Å². The molecule has 10 aliphatic rings. The lowest BCUT2D eigenvalue weighted by atomic mass is 9.99. The first kappa shape index (κ1) is 86.7. The smallest absolute Gasteiger partial charge is 0.0224 e. The van der Waals surface area contributed by atoms with Crippen molar-refractivity contribution in [3.05, 3.63) is 0 Å². The van der Waals surface area contributed by atoms with Gasteiger partial charge in [-0.2, -0.15) is 0 Å². The van der Waals surface area contributed by atoms with E-state index >= 15 is 0 Å². The Morgan fingerprint density at radius 3 is 0.612 bits per heavy atom. The van der Waals surface area contributed by atoms with Crippen LogP contribution in [-0.4, -0.2) is 216 Å². The minimum atomic E-state index is 0.740. The first-order chi connectivity index (χ1) is 40.0. The van der Waals surface area contributed by atoms with Crippen LogP contribution in [0.2, 0.25) is 0 Å². The van der Waals surface area contributed by atoms with Crippen molar-refractivity contribution < 1.29 is 0 Å². The van der Waals surface area contributed by atoms with Crippen molar-refractivity contribution >= 4 is 0 Å². The molecule has 9 saturated heterocycles. The van der Waals surface area contributed by atoms with Gasteiger partial charge in [-0.25, -0.2) is 0 Å². The first-order valence-electron chi connectivity index (χ1n) is 37.7. The molecular weight excluding hydrogens is 1040 g/mol. The molecule has 9 heteroatoms. The van der Waals surface area contributed by atoms with Crippen LogP contribution in [0.3, 0.4) is 0 Å². The number of piperazine rings is 4. The van der Waals surface area contributed by atoms with E-state index in [2.05, 4.69) is 217 Å².